The number of nitrogens with zero attached hydrogens (tertiary/aromatic N) is 1. The summed E-state index contributed by atoms with van der Waals surface area (Å²) in [6.45, 7) is 0. The molecule has 0 saturated heterocycles. The first-order valence-corrected chi connectivity index (χ1v) is 38.4. The van der Waals surface area contributed by atoms with Crippen LogP contribution in [-0.4, -0.2) is 9.82 Å². The van der Waals surface area contributed by atoms with Gasteiger partial charge < -0.3 is 4.57 Å². The molecule has 1 nitrogen and oxygen atoms in total. The zero-order valence-corrected chi connectivity index (χ0v) is 59.0. The van der Waals surface area contributed by atoms with Gasteiger partial charge in [-0.2, -0.15) is 0 Å². The minimum Gasteiger partial charge on any atom is -0.309 e. The molecule has 0 fully saturated rings. The molecule has 0 N–H and O–H groups in total. The number of hydrogen-bond acceptors (Lipinski definition) is 2. The number of rotatable bonds is 9. The summed E-state index contributed by atoms with van der Waals surface area (Å²) in [5, 5.41) is 17.7. The standard InChI is InChI=1S/C102H65NS2/c1-2-20-66(21-3-1)99-83-26-12-14-28-85(83)100(86-29-15-13-27-84(86)99)67-38-44-82(45-39-67)103-95-46-40-78(87-58-80(74-36-32-64-18-6-10-24-70(64)52-74)60-93-91-54-76(42-48-97(91)104-101(87)93)72-34-30-62-16-4-8-22-68(62)50-72)56-89(95)90-57-79(41-47-96(90)103)88-59-81(75-37-33-65-19-7-11-25-71(65)53-75)61-94-92-55-77(43-49-98(92)105-102(88)94)73-35-31-63-17-5-9-23-69(63)51-73/h1-4,6-16,18-61,91,97H,5,17H2. The van der Waals surface area contributed by atoms with Gasteiger partial charge in [0.25, 0.3) is 0 Å². The maximum atomic E-state index is 2.56. The number of allylic oxidation sites excluding steroid dienone is 4. The van der Waals surface area contributed by atoms with E-state index in [9.17, 15) is 0 Å². The van der Waals surface area contributed by atoms with Crippen LogP contribution in [0, 0.1) is 0 Å². The minimum atomic E-state index is 0.188. The lowest BCUT2D eigenvalue weighted by Gasteiger charge is -2.20. The largest absolute Gasteiger partial charge is 0.309 e. The van der Waals surface area contributed by atoms with E-state index in [0.29, 0.717) is 0 Å². The second kappa shape index (κ2) is 24.1. The van der Waals surface area contributed by atoms with Gasteiger partial charge in [0, 0.05) is 58.3 Å². The molecule has 1 aliphatic heterocycles. The van der Waals surface area contributed by atoms with E-state index in [2.05, 4.69) is 363 Å². The van der Waals surface area contributed by atoms with Gasteiger partial charge in [0.2, 0.25) is 0 Å². The molecular formula is C102H65NS2. The Bertz CT molecular complexity index is 6940. The molecule has 17 aromatic carbocycles. The molecule has 3 heterocycles. The summed E-state index contributed by atoms with van der Waals surface area (Å²) in [5.74, 6) is 0.188. The third kappa shape index (κ3) is 9.98. The van der Waals surface area contributed by atoms with E-state index >= 15 is 0 Å². The van der Waals surface area contributed by atoms with Gasteiger partial charge in [-0.3, -0.25) is 0 Å². The molecule has 105 heavy (non-hydrogen) atoms. The molecule has 490 valence electrons. The topological polar surface area (TPSA) is 4.93 Å². The number of aryl methyl sites for hydroxylation is 1. The highest BCUT2D eigenvalue weighted by Gasteiger charge is 2.36. The lowest BCUT2D eigenvalue weighted by Crippen LogP contribution is -2.09. The highest BCUT2D eigenvalue weighted by molar-refractivity contribution is 8.00. The van der Waals surface area contributed by atoms with Crippen molar-refractivity contribution >= 4 is 131 Å². The zero-order valence-electron chi connectivity index (χ0n) is 57.4. The van der Waals surface area contributed by atoms with Gasteiger partial charge >= 0.3 is 0 Å². The minimum absolute atomic E-state index is 0.188. The highest BCUT2D eigenvalue weighted by Crippen LogP contribution is 2.56. The van der Waals surface area contributed by atoms with E-state index in [1.165, 1.54) is 201 Å². The van der Waals surface area contributed by atoms with Crippen LogP contribution in [0.4, 0.5) is 0 Å². The second-order valence-corrected chi connectivity index (χ2v) is 31.1. The maximum absolute atomic E-state index is 2.56. The molecule has 2 aromatic heterocycles. The Morgan fingerprint density at radius 3 is 1.46 bits per heavy atom. The van der Waals surface area contributed by atoms with Crippen molar-refractivity contribution in [3.05, 3.63) is 374 Å². The number of hydrogen-bond donors (Lipinski definition) is 0. The summed E-state index contributed by atoms with van der Waals surface area (Å²) in [5.41, 5.74) is 27.3. The predicted molar refractivity (Wildman–Crippen MR) is 453 cm³/mol. The molecule has 0 amide bonds. The van der Waals surface area contributed by atoms with Crippen molar-refractivity contribution in [3.8, 4) is 83.6 Å². The Hall–Kier alpha value is -12.4. The van der Waals surface area contributed by atoms with Gasteiger partial charge in [-0.05, 0) is 264 Å². The quantitative estimate of drug-likeness (QED) is 0.130. The van der Waals surface area contributed by atoms with Crippen molar-refractivity contribution in [1.29, 1.82) is 0 Å². The Kier molecular flexibility index (Phi) is 13.8. The third-order valence-electron chi connectivity index (χ3n) is 22.9. The Morgan fingerprint density at radius 1 is 0.324 bits per heavy atom. The van der Waals surface area contributed by atoms with Crippen LogP contribution in [0.1, 0.15) is 34.6 Å². The number of thioether (sulfide) groups is 1. The lowest BCUT2D eigenvalue weighted by molar-refractivity contribution is 0.885. The van der Waals surface area contributed by atoms with Gasteiger partial charge in [-0.1, -0.05) is 261 Å². The van der Waals surface area contributed by atoms with Gasteiger partial charge in [-0.15, -0.1) is 23.1 Å². The average molecular weight is 1370 g/mol. The number of thiophene rings is 1. The SMILES string of the molecule is C1=Cc2cc(-c3ccc4sc5c(-c6ccc7c(c6)c6cc(-c8cc(-c9ccc%10ccccc%10c9)cc9c8SC8C=CC(c%10ccc%11ccccc%11c%10)=CC98)ccc6n7-c6ccc(-c7c8ccccc8c(-c8ccccc8)c8ccccc78)cc6)cc(-c6ccc7ccccc7c6)cc5c4c3)ccc2CC1. The van der Waals surface area contributed by atoms with Crippen molar-refractivity contribution in [1.82, 2.24) is 4.57 Å². The average Bonchev–Trinajstić information content (AvgIpc) is 1.59. The second-order valence-electron chi connectivity index (χ2n) is 28.8. The summed E-state index contributed by atoms with van der Waals surface area (Å²) in [4.78, 5) is 1.36. The van der Waals surface area contributed by atoms with E-state index in [4.69, 9.17) is 0 Å². The molecule has 0 saturated carbocycles. The molecule has 0 spiro atoms. The lowest BCUT2D eigenvalue weighted by atomic mass is 9.84. The first kappa shape index (κ1) is 60.2. The monoisotopic (exact) mass is 1370 g/mol. The van der Waals surface area contributed by atoms with Crippen molar-refractivity contribution in [2.75, 3.05) is 0 Å². The molecule has 2 atom stereocenters. The fourth-order valence-corrected chi connectivity index (χ4v) is 20.3. The molecule has 2 unspecified atom stereocenters. The molecule has 2 aliphatic carbocycles. The molecule has 0 radical (unpaired) electrons. The van der Waals surface area contributed by atoms with Crippen LogP contribution < -0.4 is 0 Å². The van der Waals surface area contributed by atoms with Crippen molar-refractivity contribution in [2.24, 2.45) is 0 Å². The number of aromatic nitrogens is 1. The van der Waals surface area contributed by atoms with Gasteiger partial charge in [0.05, 0.1) is 11.0 Å². The first-order chi connectivity index (χ1) is 52.0. The normalized spacial score (nSPS) is 14.7. The van der Waals surface area contributed by atoms with Crippen LogP contribution in [-0.2, 0) is 6.42 Å². The van der Waals surface area contributed by atoms with Crippen molar-refractivity contribution in [3.63, 3.8) is 0 Å². The van der Waals surface area contributed by atoms with Crippen molar-refractivity contribution < 1.29 is 0 Å². The predicted octanol–water partition coefficient (Wildman–Crippen LogP) is 28.8. The van der Waals surface area contributed by atoms with E-state index < -0.39 is 0 Å². The fraction of sp³-hybridized carbons (Fsp3) is 0.0392. The molecule has 3 aliphatic rings. The van der Waals surface area contributed by atoms with E-state index in [1.807, 2.05) is 23.1 Å². The maximum Gasteiger partial charge on any atom is 0.0541 e. The van der Waals surface area contributed by atoms with Gasteiger partial charge in [0.15, 0.2) is 0 Å². The first-order valence-electron chi connectivity index (χ1n) is 36.7. The van der Waals surface area contributed by atoms with E-state index in [1.54, 1.807) is 0 Å². The van der Waals surface area contributed by atoms with Crippen LogP contribution >= 0.6 is 23.1 Å². The van der Waals surface area contributed by atoms with Crippen molar-refractivity contribution in [2.45, 2.75) is 28.9 Å². The highest BCUT2D eigenvalue weighted by atomic mass is 32.2. The van der Waals surface area contributed by atoms with Gasteiger partial charge in [0.1, 0.15) is 0 Å². The summed E-state index contributed by atoms with van der Waals surface area (Å²) >= 11 is 3.95. The van der Waals surface area contributed by atoms with E-state index in [-0.39, 0.29) is 11.2 Å². The molecule has 19 aromatic rings. The molecular weight excluding hydrogens is 1300 g/mol. The summed E-state index contributed by atoms with van der Waals surface area (Å²) in [7, 11) is 0. The summed E-state index contributed by atoms with van der Waals surface area (Å²) in [6, 6.07) is 124. The Morgan fingerprint density at radius 2 is 0.810 bits per heavy atom. The van der Waals surface area contributed by atoms with E-state index in [0.717, 1.165) is 24.0 Å². The van der Waals surface area contributed by atoms with Crippen LogP contribution in [0.3, 0.4) is 0 Å². The summed E-state index contributed by atoms with van der Waals surface area (Å²) in [6.07, 6.45) is 14.2. The third-order valence-corrected chi connectivity index (χ3v) is 25.5. The van der Waals surface area contributed by atoms with Gasteiger partial charge in [-0.25, -0.2) is 0 Å². The van der Waals surface area contributed by atoms with Crippen LogP contribution in [0.15, 0.2) is 357 Å². The summed E-state index contributed by atoms with van der Waals surface area (Å²) < 4.78 is 5.11. The Balaban J connectivity index is 0.756. The zero-order chi connectivity index (χ0) is 68.8. The Labute approximate surface area is 617 Å². The van der Waals surface area contributed by atoms with Crippen LogP contribution in [0.5, 0.6) is 0 Å². The number of benzene rings is 17. The number of fused-ring (bicyclic) bond motifs is 15. The fourth-order valence-electron chi connectivity index (χ4n) is 17.7. The van der Waals surface area contributed by atoms with Crippen LogP contribution in [0.2, 0.25) is 0 Å². The van der Waals surface area contributed by atoms with Crippen LogP contribution in [0.25, 0.3) is 191 Å². The molecule has 22 rings (SSSR count). The molecule has 0 bridgehead atoms. The smallest absolute Gasteiger partial charge is 0.0541 e. The molecule has 3 heteroatoms.